The number of benzene rings is 1. The van der Waals surface area contributed by atoms with Gasteiger partial charge in [-0.3, -0.25) is 4.79 Å². The number of likely N-dealkylation sites (N-methyl/N-ethyl adjacent to an activating group) is 1. The smallest absolute Gasteiger partial charge is 0.236 e. The number of nitrogens with two attached hydrogens (primary N) is 1. The third kappa shape index (κ3) is 1.64. The maximum Gasteiger partial charge on any atom is 0.236 e. The van der Waals surface area contributed by atoms with Gasteiger partial charge in [-0.25, -0.2) is 0 Å². The Balaban J connectivity index is 2.59. The number of carbonyl (C=O) groups excluding carboxylic acids is 1. The van der Waals surface area contributed by atoms with E-state index in [-0.39, 0.29) is 12.5 Å². The van der Waals surface area contributed by atoms with Crippen molar-refractivity contribution in [1.29, 1.82) is 0 Å². The van der Waals surface area contributed by atoms with Crippen LogP contribution in [0.25, 0.3) is 0 Å². The highest BCUT2D eigenvalue weighted by atomic mass is 16.3. The molecule has 1 aliphatic heterocycles. The molecule has 2 rings (SSSR count). The van der Waals surface area contributed by atoms with Crippen molar-refractivity contribution in [2.75, 3.05) is 18.5 Å². The molecule has 0 saturated carbocycles. The van der Waals surface area contributed by atoms with E-state index in [1.807, 2.05) is 32.0 Å². The van der Waals surface area contributed by atoms with Gasteiger partial charge in [0.25, 0.3) is 0 Å². The molecule has 0 saturated heterocycles. The van der Waals surface area contributed by atoms with E-state index < -0.39 is 11.0 Å². The van der Waals surface area contributed by atoms with Gasteiger partial charge < -0.3 is 15.7 Å². The number of rotatable bonds is 2. The highest BCUT2D eigenvalue weighted by Gasteiger charge is 2.42. The van der Waals surface area contributed by atoms with Crippen molar-refractivity contribution in [3.63, 3.8) is 0 Å². The average Bonchev–Trinajstić information content (AvgIpc) is 2.51. The second-order valence-corrected chi connectivity index (χ2v) is 5.70. The van der Waals surface area contributed by atoms with Crippen LogP contribution in [0.5, 0.6) is 0 Å². The van der Waals surface area contributed by atoms with E-state index in [4.69, 9.17) is 5.73 Å². The lowest BCUT2D eigenvalue weighted by atomic mass is 9.83. The molecule has 1 aliphatic rings. The predicted octanol–water partition coefficient (Wildman–Crippen LogP) is 1.11. The molecule has 0 radical (unpaired) electrons. The van der Waals surface area contributed by atoms with Crippen molar-refractivity contribution in [2.24, 2.45) is 5.73 Å². The van der Waals surface area contributed by atoms with E-state index in [1.54, 1.807) is 18.9 Å². The summed E-state index contributed by atoms with van der Waals surface area (Å²) in [7, 11) is 1.77. The molecule has 1 aromatic carbocycles. The number of anilines is 1. The molecule has 4 heteroatoms. The van der Waals surface area contributed by atoms with Crippen LogP contribution in [0.3, 0.4) is 0 Å². The first-order chi connectivity index (χ1) is 8.21. The molecule has 0 bridgehead atoms. The van der Waals surface area contributed by atoms with Crippen molar-refractivity contribution >= 4 is 11.6 Å². The van der Waals surface area contributed by atoms with Gasteiger partial charge in [0.1, 0.15) is 0 Å². The molecule has 1 unspecified atom stereocenters. The van der Waals surface area contributed by atoms with Crippen LogP contribution in [0.2, 0.25) is 0 Å². The highest BCUT2D eigenvalue weighted by Crippen LogP contribution is 2.42. The summed E-state index contributed by atoms with van der Waals surface area (Å²) in [5.74, 6) is 0.0713. The maximum atomic E-state index is 12.2. The van der Waals surface area contributed by atoms with Crippen LogP contribution >= 0.6 is 0 Å². The molecular formula is C14H20N2O2. The Morgan fingerprint density at radius 3 is 2.61 bits per heavy atom. The molecule has 4 nitrogen and oxygen atoms in total. The summed E-state index contributed by atoms with van der Waals surface area (Å²) in [6.45, 7) is 5.63. The summed E-state index contributed by atoms with van der Waals surface area (Å²) in [5, 5.41) is 10.2. The number of amides is 1. The van der Waals surface area contributed by atoms with Gasteiger partial charge in [0.2, 0.25) is 5.91 Å². The predicted molar refractivity (Wildman–Crippen MR) is 71.5 cm³/mol. The van der Waals surface area contributed by atoms with Crippen molar-refractivity contribution in [3.05, 3.63) is 29.3 Å². The summed E-state index contributed by atoms with van der Waals surface area (Å²) < 4.78 is 0. The number of hydrogen-bond acceptors (Lipinski definition) is 3. The fourth-order valence-corrected chi connectivity index (χ4v) is 2.43. The zero-order chi connectivity index (χ0) is 13.7. The Hall–Kier alpha value is -1.39. The summed E-state index contributed by atoms with van der Waals surface area (Å²) >= 11 is 0. The monoisotopic (exact) mass is 248 g/mol. The van der Waals surface area contributed by atoms with Gasteiger partial charge in [-0.2, -0.15) is 0 Å². The Morgan fingerprint density at radius 2 is 2.06 bits per heavy atom. The zero-order valence-corrected chi connectivity index (χ0v) is 11.3. The first kappa shape index (κ1) is 13.1. The molecule has 1 heterocycles. The second-order valence-electron chi connectivity index (χ2n) is 5.70. The highest BCUT2D eigenvalue weighted by molar-refractivity contribution is 6.07. The molecular weight excluding hydrogens is 228 g/mol. The molecule has 3 N–H and O–H groups in total. The molecule has 0 spiro atoms. The van der Waals surface area contributed by atoms with Crippen molar-refractivity contribution < 1.29 is 9.90 Å². The number of fused-ring (bicyclic) bond motifs is 1. The van der Waals surface area contributed by atoms with Gasteiger partial charge in [0, 0.05) is 19.3 Å². The Bertz CT molecular complexity index is 507. The maximum absolute atomic E-state index is 12.2. The van der Waals surface area contributed by atoms with Gasteiger partial charge in [-0.15, -0.1) is 0 Å². The van der Waals surface area contributed by atoms with Gasteiger partial charge in [0.05, 0.1) is 11.0 Å². The molecule has 1 amide bonds. The minimum Gasteiger partial charge on any atom is -0.384 e. The number of nitrogens with zero attached hydrogens (tertiary/aromatic N) is 1. The van der Waals surface area contributed by atoms with E-state index in [1.165, 1.54) is 0 Å². The average molecular weight is 248 g/mol. The molecule has 0 fully saturated rings. The zero-order valence-electron chi connectivity index (χ0n) is 11.3. The molecule has 18 heavy (non-hydrogen) atoms. The first-order valence-electron chi connectivity index (χ1n) is 6.07. The fourth-order valence-electron chi connectivity index (χ4n) is 2.43. The summed E-state index contributed by atoms with van der Waals surface area (Å²) in [4.78, 5) is 13.8. The van der Waals surface area contributed by atoms with Crippen LogP contribution in [0.15, 0.2) is 18.2 Å². The van der Waals surface area contributed by atoms with Gasteiger partial charge in [-0.05, 0) is 44.0 Å². The molecule has 98 valence electrons. The lowest BCUT2D eigenvalue weighted by Gasteiger charge is -2.24. The van der Waals surface area contributed by atoms with E-state index in [0.29, 0.717) is 0 Å². The third-order valence-corrected chi connectivity index (χ3v) is 3.89. The number of hydrogen-bond donors (Lipinski definition) is 2. The van der Waals surface area contributed by atoms with Crippen LogP contribution in [0.4, 0.5) is 5.69 Å². The molecule has 1 aromatic rings. The minimum atomic E-state index is -1.06. The van der Waals surface area contributed by atoms with Crippen LogP contribution in [0.1, 0.15) is 31.9 Å². The molecule has 0 aromatic heterocycles. The minimum absolute atomic E-state index is 0.0713. The molecule has 1 atom stereocenters. The van der Waals surface area contributed by atoms with Crippen LogP contribution in [-0.2, 0) is 15.8 Å². The number of carbonyl (C=O) groups is 1. The van der Waals surface area contributed by atoms with Gasteiger partial charge in [0.15, 0.2) is 0 Å². The lowest BCUT2D eigenvalue weighted by molar-refractivity contribution is -0.121. The van der Waals surface area contributed by atoms with Crippen molar-refractivity contribution in [1.82, 2.24) is 0 Å². The normalized spacial score (nSPS) is 20.8. The van der Waals surface area contributed by atoms with Crippen LogP contribution in [0, 0.1) is 0 Å². The summed E-state index contributed by atoms with van der Waals surface area (Å²) in [6.07, 6.45) is 0. The van der Waals surface area contributed by atoms with E-state index >= 15 is 0 Å². The van der Waals surface area contributed by atoms with Crippen LogP contribution < -0.4 is 10.6 Å². The van der Waals surface area contributed by atoms with E-state index in [9.17, 15) is 9.90 Å². The first-order valence-corrected chi connectivity index (χ1v) is 6.07. The van der Waals surface area contributed by atoms with Crippen molar-refractivity contribution in [2.45, 2.75) is 31.8 Å². The lowest BCUT2D eigenvalue weighted by Crippen LogP contribution is -2.33. The van der Waals surface area contributed by atoms with Gasteiger partial charge in [-0.1, -0.05) is 6.07 Å². The topological polar surface area (TPSA) is 66.6 Å². The largest absolute Gasteiger partial charge is 0.384 e. The quantitative estimate of drug-likeness (QED) is 0.824. The Kier molecular flexibility index (Phi) is 2.76. The second kappa shape index (κ2) is 3.80. The van der Waals surface area contributed by atoms with Crippen molar-refractivity contribution in [3.8, 4) is 0 Å². The van der Waals surface area contributed by atoms with E-state index in [2.05, 4.69) is 0 Å². The SMILES string of the molecule is CN1C(=O)C(C)(C)c2cc(C(C)(O)CN)ccc21. The standard InChI is InChI=1S/C14H20N2O2/c1-13(2)10-7-9(14(3,18)8-15)5-6-11(10)16(4)12(13)17/h5-7,18H,8,15H2,1-4H3. The summed E-state index contributed by atoms with van der Waals surface area (Å²) in [5.41, 5.74) is 6.57. The molecule has 0 aliphatic carbocycles. The Morgan fingerprint density at radius 1 is 1.44 bits per heavy atom. The summed E-state index contributed by atoms with van der Waals surface area (Å²) in [6, 6.07) is 5.60. The van der Waals surface area contributed by atoms with E-state index in [0.717, 1.165) is 16.8 Å². The van der Waals surface area contributed by atoms with Crippen LogP contribution in [-0.4, -0.2) is 24.6 Å². The fraction of sp³-hybridized carbons (Fsp3) is 0.500. The third-order valence-electron chi connectivity index (χ3n) is 3.89. The Labute approximate surface area is 107 Å². The van der Waals surface area contributed by atoms with Gasteiger partial charge >= 0.3 is 0 Å². The number of aliphatic hydroxyl groups is 1.